The molecule has 146 valence electrons. The van der Waals surface area contributed by atoms with E-state index in [1.807, 2.05) is 45.0 Å². The van der Waals surface area contributed by atoms with E-state index in [1.54, 1.807) is 12.1 Å². The van der Waals surface area contributed by atoms with Gasteiger partial charge in [-0.2, -0.15) is 0 Å². The standard InChI is InChI=1S/C21H28FN3O2/c1-4-23-21(24-13-16-8-10-18(22)11-9-16)25-14-20(26)17-6-5-7-19(12-17)27-15(2)3/h5-12,15,20,26H,4,13-14H2,1-3H3,(H2,23,24,25). The lowest BCUT2D eigenvalue weighted by molar-refractivity contribution is 0.179. The Morgan fingerprint density at radius 3 is 2.56 bits per heavy atom. The van der Waals surface area contributed by atoms with Crippen molar-refractivity contribution in [1.29, 1.82) is 0 Å². The Kier molecular flexibility index (Phi) is 8.07. The number of hydrogen-bond donors (Lipinski definition) is 3. The molecule has 0 bridgehead atoms. The summed E-state index contributed by atoms with van der Waals surface area (Å²) < 4.78 is 18.6. The number of nitrogens with one attached hydrogen (secondary N) is 2. The maximum absolute atomic E-state index is 13.0. The van der Waals surface area contributed by atoms with Gasteiger partial charge in [-0.1, -0.05) is 24.3 Å². The van der Waals surface area contributed by atoms with E-state index in [1.165, 1.54) is 12.1 Å². The molecule has 0 saturated carbocycles. The molecule has 6 heteroatoms. The van der Waals surface area contributed by atoms with Gasteiger partial charge in [0.1, 0.15) is 11.6 Å². The predicted octanol–water partition coefficient (Wildman–Crippen LogP) is 3.40. The number of aliphatic imine (C=N–C) groups is 1. The lowest BCUT2D eigenvalue weighted by atomic mass is 10.1. The molecule has 2 aromatic rings. The van der Waals surface area contributed by atoms with Crippen molar-refractivity contribution in [3.05, 3.63) is 65.5 Å². The summed E-state index contributed by atoms with van der Waals surface area (Å²) in [5.41, 5.74) is 1.68. The Morgan fingerprint density at radius 2 is 1.89 bits per heavy atom. The smallest absolute Gasteiger partial charge is 0.191 e. The molecular formula is C21H28FN3O2. The quantitative estimate of drug-likeness (QED) is 0.490. The van der Waals surface area contributed by atoms with Gasteiger partial charge in [0.2, 0.25) is 0 Å². The maximum Gasteiger partial charge on any atom is 0.191 e. The van der Waals surface area contributed by atoms with Gasteiger partial charge in [-0.05, 0) is 56.2 Å². The molecule has 0 aliphatic heterocycles. The molecule has 3 N–H and O–H groups in total. The first-order chi connectivity index (χ1) is 13.0. The molecule has 0 fully saturated rings. The van der Waals surface area contributed by atoms with Crippen LogP contribution in [0.5, 0.6) is 5.75 Å². The third-order valence-corrected chi connectivity index (χ3v) is 3.75. The summed E-state index contributed by atoms with van der Waals surface area (Å²) in [5.74, 6) is 1.06. The van der Waals surface area contributed by atoms with E-state index in [0.29, 0.717) is 25.6 Å². The predicted molar refractivity (Wildman–Crippen MR) is 106 cm³/mol. The number of hydrogen-bond acceptors (Lipinski definition) is 3. The fourth-order valence-corrected chi connectivity index (χ4v) is 2.48. The number of benzene rings is 2. The Bertz CT molecular complexity index is 732. The Balaban J connectivity index is 1.96. The first kappa shape index (κ1) is 20.7. The van der Waals surface area contributed by atoms with E-state index < -0.39 is 6.10 Å². The summed E-state index contributed by atoms with van der Waals surface area (Å²) in [6, 6.07) is 13.7. The Morgan fingerprint density at radius 1 is 1.15 bits per heavy atom. The summed E-state index contributed by atoms with van der Waals surface area (Å²) in [5, 5.41) is 16.7. The van der Waals surface area contributed by atoms with Crippen LogP contribution in [0.3, 0.4) is 0 Å². The molecule has 1 unspecified atom stereocenters. The summed E-state index contributed by atoms with van der Waals surface area (Å²) in [6.07, 6.45) is -0.621. The van der Waals surface area contributed by atoms with Gasteiger partial charge in [-0.15, -0.1) is 0 Å². The summed E-state index contributed by atoms with van der Waals surface area (Å²) >= 11 is 0. The number of aliphatic hydroxyl groups excluding tert-OH is 1. The lowest BCUT2D eigenvalue weighted by Gasteiger charge is -2.17. The average Bonchev–Trinajstić information content (AvgIpc) is 2.64. The van der Waals surface area contributed by atoms with Crippen LogP contribution in [-0.2, 0) is 6.54 Å². The Hall–Kier alpha value is -2.60. The van der Waals surface area contributed by atoms with Crippen molar-refractivity contribution in [2.75, 3.05) is 13.1 Å². The van der Waals surface area contributed by atoms with Crippen molar-refractivity contribution in [3.63, 3.8) is 0 Å². The minimum Gasteiger partial charge on any atom is -0.491 e. The number of guanidine groups is 1. The first-order valence-electron chi connectivity index (χ1n) is 9.19. The number of nitrogens with zero attached hydrogens (tertiary/aromatic N) is 1. The maximum atomic E-state index is 13.0. The van der Waals surface area contributed by atoms with Crippen molar-refractivity contribution in [3.8, 4) is 5.75 Å². The van der Waals surface area contributed by atoms with Crippen LogP contribution >= 0.6 is 0 Å². The van der Waals surface area contributed by atoms with Crippen LogP contribution in [0.2, 0.25) is 0 Å². The Labute approximate surface area is 160 Å². The normalized spacial score (nSPS) is 12.7. The lowest BCUT2D eigenvalue weighted by Crippen LogP contribution is -2.39. The molecule has 27 heavy (non-hydrogen) atoms. The van der Waals surface area contributed by atoms with Crippen LogP contribution in [0.4, 0.5) is 4.39 Å². The molecule has 2 rings (SSSR count). The van der Waals surface area contributed by atoms with Crippen LogP contribution in [-0.4, -0.2) is 30.3 Å². The van der Waals surface area contributed by atoms with Crippen LogP contribution < -0.4 is 15.4 Å². The number of rotatable bonds is 8. The summed E-state index contributed by atoms with van der Waals surface area (Å²) in [4.78, 5) is 4.47. The van der Waals surface area contributed by atoms with E-state index in [2.05, 4.69) is 15.6 Å². The molecule has 5 nitrogen and oxygen atoms in total. The van der Waals surface area contributed by atoms with Crippen LogP contribution in [0.1, 0.15) is 38.0 Å². The second-order valence-electron chi connectivity index (χ2n) is 6.46. The highest BCUT2D eigenvalue weighted by atomic mass is 19.1. The third kappa shape index (κ3) is 7.27. The van der Waals surface area contributed by atoms with Crippen molar-refractivity contribution in [1.82, 2.24) is 10.6 Å². The van der Waals surface area contributed by atoms with Crippen molar-refractivity contribution in [2.24, 2.45) is 4.99 Å². The highest BCUT2D eigenvalue weighted by molar-refractivity contribution is 5.79. The fraction of sp³-hybridized carbons (Fsp3) is 0.381. The van der Waals surface area contributed by atoms with Gasteiger partial charge in [-0.25, -0.2) is 9.38 Å². The van der Waals surface area contributed by atoms with E-state index >= 15 is 0 Å². The van der Waals surface area contributed by atoms with E-state index in [0.717, 1.165) is 16.9 Å². The van der Waals surface area contributed by atoms with Gasteiger partial charge in [0.15, 0.2) is 5.96 Å². The zero-order chi connectivity index (χ0) is 19.6. The minimum atomic E-state index is -0.699. The van der Waals surface area contributed by atoms with Crippen molar-refractivity contribution in [2.45, 2.75) is 39.5 Å². The number of ether oxygens (including phenoxy) is 1. The molecule has 0 saturated heterocycles. The fourth-order valence-electron chi connectivity index (χ4n) is 2.48. The van der Waals surface area contributed by atoms with E-state index in [-0.39, 0.29) is 11.9 Å². The molecule has 0 aliphatic carbocycles. The SMILES string of the molecule is CCNC(=NCc1ccc(F)cc1)NCC(O)c1cccc(OC(C)C)c1. The van der Waals surface area contributed by atoms with Crippen LogP contribution in [0.15, 0.2) is 53.5 Å². The van der Waals surface area contributed by atoms with Crippen LogP contribution in [0, 0.1) is 5.82 Å². The third-order valence-electron chi connectivity index (χ3n) is 3.75. The molecule has 0 radical (unpaired) electrons. The number of halogens is 1. The largest absolute Gasteiger partial charge is 0.491 e. The van der Waals surface area contributed by atoms with Gasteiger partial charge in [-0.3, -0.25) is 0 Å². The second kappa shape index (κ2) is 10.5. The minimum absolute atomic E-state index is 0.0782. The highest BCUT2D eigenvalue weighted by Crippen LogP contribution is 2.19. The molecule has 1 atom stereocenters. The van der Waals surface area contributed by atoms with Gasteiger partial charge >= 0.3 is 0 Å². The van der Waals surface area contributed by atoms with Gasteiger partial charge in [0.05, 0.1) is 18.8 Å². The van der Waals surface area contributed by atoms with Crippen LogP contribution in [0.25, 0.3) is 0 Å². The summed E-state index contributed by atoms with van der Waals surface area (Å²) in [7, 11) is 0. The molecule has 0 heterocycles. The molecule has 0 spiro atoms. The monoisotopic (exact) mass is 373 g/mol. The molecule has 2 aromatic carbocycles. The second-order valence-corrected chi connectivity index (χ2v) is 6.46. The van der Waals surface area contributed by atoms with Crippen molar-refractivity contribution < 1.29 is 14.2 Å². The van der Waals surface area contributed by atoms with Gasteiger partial charge in [0.25, 0.3) is 0 Å². The molecule has 0 aromatic heterocycles. The molecule has 0 amide bonds. The van der Waals surface area contributed by atoms with Crippen molar-refractivity contribution >= 4 is 5.96 Å². The zero-order valence-electron chi connectivity index (χ0n) is 16.1. The highest BCUT2D eigenvalue weighted by Gasteiger charge is 2.10. The van der Waals surface area contributed by atoms with Gasteiger partial charge < -0.3 is 20.5 Å². The molecular weight excluding hydrogens is 345 g/mol. The summed E-state index contributed by atoms with van der Waals surface area (Å²) in [6.45, 7) is 7.32. The van der Waals surface area contributed by atoms with Gasteiger partial charge in [0, 0.05) is 13.1 Å². The molecule has 0 aliphatic rings. The zero-order valence-corrected chi connectivity index (χ0v) is 16.1. The number of aliphatic hydroxyl groups is 1. The average molecular weight is 373 g/mol. The topological polar surface area (TPSA) is 65.9 Å². The first-order valence-corrected chi connectivity index (χ1v) is 9.19. The van der Waals surface area contributed by atoms with E-state index in [4.69, 9.17) is 4.74 Å². The van der Waals surface area contributed by atoms with E-state index in [9.17, 15) is 9.50 Å².